The molecule has 0 spiro atoms. The van der Waals surface area contributed by atoms with Crippen LogP contribution in [0.3, 0.4) is 0 Å². The number of sulfonamides is 1. The van der Waals surface area contributed by atoms with E-state index in [1.807, 2.05) is 18.2 Å². The maximum Gasteiger partial charge on any atom is 0.264 e. The Labute approximate surface area is 177 Å². The molecule has 0 fully saturated rings. The van der Waals surface area contributed by atoms with Crippen molar-refractivity contribution in [3.8, 4) is 0 Å². The van der Waals surface area contributed by atoms with Gasteiger partial charge in [-0.25, -0.2) is 8.42 Å². The predicted molar refractivity (Wildman–Crippen MR) is 118 cm³/mol. The highest BCUT2D eigenvalue weighted by molar-refractivity contribution is 7.89. The molecule has 154 valence electrons. The number of benzene rings is 2. The molecule has 1 N–H and O–H groups in total. The molecular weight excluding hydrogens is 396 g/mol. The Kier molecular flexibility index (Phi) is 5.12. The van der Waals surface area contributed by atoms with Crippen LogP contribution in [0.1, 0.15) is 25.0 Å². The van der Waals surface area contributed by atoms with Crippen LogP contribution in [-0.2, 0) is 21.2 Å². The van der Waals surface area contributed by atoms with E-state index in [-0.39, 0.29) is 22.8 Å². The summed E-state index contributed by atoms with van der Waals surface area (Å²) in [5.41, 5.74) is 3.34. The first-order valence-electron chi connectivity index (χ1n) is 9.84. The maximum absolute atomic E-state index is 12.9. The fourth-order valence-electron chi connectivity index (χ4n) is 3.79. The molecule has 0 unspecified atom stereocenters. The van der Waals surface area contributed by atoms with E-state index in [9.17, 15) is 13.2 Å². The number of nitrogens with one attached hydrogen (secondary N) is 1. The predicted octanol–water partition coefficient (Wildman–Crippen LogP) is 3.67. The number of carbonyl (C=O) groups is 1. The molecule has 0 bridgehead atoms. The van der Waals surface area contributed by atoms with Crippen LogP contribution < -0.4 is 5.32 Å². The molecule has 0 aromatic heterocycles. The maximum atomic E-state index is 12.9. The zero-order valence-electron chi connectivity index (χ0n) is 17.0. The van der Waals surface area contributed by atoms with Crippen LogP contribution in [0, 0.1) is 0 Å². The number of allylic oxidation sites excluding steroid dienone is 3. The lowest BCUT2D eigenvalue weighted by Gasteiger charge is -2.35. The van der Waals surface area contributed by atoms with Gasteiger partial charge in [-0.05, 0) is 44.0 Å². The van der Waals surface area contributed by atoms with E-state index < -0.39 is 10.0 Å². The van der Waals surface area contributed by atoms with E-state index in [4.69, 9.17) is 0 Å². The second-order valence-electron chi connectivity index (χ2n) is 8.13. The van der Waals surface area contributed by atoms with Crippen molar-refractivity contribution in [3.05, 3.63) is 95.7 Å². The van der Waals surface area contributed by atoms with Gasteiger partial charge in [-0.1, -0.05) is 48.5 Å². The average molecular weight is 421 g/mol. The Balaban J connectivity index is 1.56. The first-order valence-corrected chi connectivity index (χ1v) is 11.3. The molecule has 2 aromatic carbocycles. The molecule has 4 rings (SSSR count). The van der Waals surface area contributed by atoms with Crippen molar-refractivity contribution in [2.75, 3.05) is 6.54 Å². The van der Waals surface area contributed by atoms with Crippen molar-refractivity contribution in [1.82, 2.24) is 9.62 Å². The van der Waals surface area contributed by atoms with Crippen molar-refractivity contribution < 1.29 is 13.2 Å². The fraction of sp³-hybridized carbons (Fsp3) is 0.208. The molecule has 30 heavy (non-hydrogen) atoms. The van der Waals surface area contributed by atoms with Gasteiger partial charge in [-0.15, -0.1) is 0 Å². The summed E-state index contributed by atoms with van der Waals surface area (Å²) in [6.45, 7) is 4.33. The topological polar surface area (TPSA) is 66.5 Å². The standard InChI is InChI=1S/C24H24N2O3S/c1-24(2)17-19-8-6-7-11-21(19)22(25-24)16-23(27)18-12-14-26(15-13-18)30(28,29)20-9-4-3-5-10-20/h3-14,16,25H,15,17H2,1-2H3/b22-16-. The smallest absolute Gasteiger partial charge is 0.264 e. The summed E-state index contributed by atoms with van der Waals surface area (Å²) in [5, 5.41) is 3.46. The highest BCUT2D eigenvalue weighted by Crippen LogP contribution is 2.30. The highest BCUT2D eigenvalue weighted by atomic mass is 32.2. The number of fused-ring (bicyclic) bond motifs is 1. The van der Waals surface area contributed by atoms with Gasteiger partial charge in [0.15, 0.2) is 5.78 Å². The Morgan fingerprint density at radius 1 is 1.07 bits per heavy atom. The minimum atomic E-state index is -3.63. The van der Waals surface area contributed by atoms with Crippen LogP contribution in [0.2, 0.25) is 0 Å². The van der Waals surface area contributed by atoms with E-state index in [1.165, 1.54) is 16.1 Å². The monoisotopic (exact) mass is 420 g/mol. The fourth-order valence-corrected chi connectivity index (χ4v) is 5.05. The van der Waals surface area contributed by atoms with Crippen LogP contribution in [0.25, 0.3) is 5.70 Å². The number of hydrogen-bond acceptors (Lipinski definition) is 4. The first-order chi connectivity index (χ1) is 14.3. The molecular formula is C24H24N2O3S. The van der Waals surface area contributed by atoms with Crippen molar-refractivity contribution in [3.63, 3.8) is 0 Å². The van der Waals surface area contributed by atoms with Gasteiger partial charge in [-0.2, -0.15) is 0 Å². The lowest BCUT2D eigenvalue weighted by molar-refractivity contribution is -0.111. The van der Waals surface area contributed by atoms with E-state index >= 15 is 0 Å². The third kappa shape index (κ3) is 3.96. The molecule has 0 saturated heterocycles. The normalized spacial score (nSPS) is 19.1. The summed E-state index contributed by atoms with van der Waals surface area (Å²) in [4.78, 5) is 13.1. The van der Waals surface area contributed by atoms with E-state index in [0.29, 0.717) is 5.57 Å². The average Bonchev–Trinajstić information content (AvgIpc) is 2.73. The minimum absolute atomic E-state index is 0.119. The molecule has 0 amide bonds. The third-order valence-corrected chi connectivity index (χ3v) is 6.99. The van der Waals surface area contributed by atoms with E-state index in [1.54, 1.807) is 48.6 Å². The SMILES string of the molecule is CC1(C)Cc2ccccc2/C(=C/C(=O)C2=CCN(S(=O)(=O)c3ccccc3)C=C2)N1. The molecule has 2 aliphatic heterocycles. The van der Waals surface area contributed by atoms with Gasteiger partial charge in [-0.3, -0.25) is 9.10 Å². The zero-order valence-corrected chi connectivity index (χ0v) is 17.8. The molecule has 2 aromatic rings. The lowest BCUT2D eigenvalue weighted by Crippen LogP contribution is -2.43. The summed E-state index contributed by atoms with van der Waals surface area (Å²) < 4.78 is 26.7. The Morgan fingerprint density at radius 3 is 2.47 bits per heavy atom. The van der Waals surface area contributed by atoms with Crippen LogP contribution in [0.15, 0.2) is 89.5 Å². The number of hydrogen-bond donors (Lipinski definition) is 1. The van der Waals surface area contributed by atoms with Crippen molar-refractivity contribution >= 4 is 21.5 Å². The number of rotatable bonds is 4. The van der Waals surface area contributed by atoms with Crippen molar-refractivity contribution in [2.45, 2.75) is 30.7 Å². The Morgan fingerprint density at radius 2 is 1.77 bits per heavy atom. The van der Waals surface area contributed by atoms with Crippen LogP contribution in [0.5, 0.6) is 0 Å². The van der Waals surface area contributed by atoms with Gasteiger partial charge >= 0.3 is 0 Å². The van der Waals surface area contributed by atoms with Crippen LogP contribution in [-0.4, -0.2) is 30.6 Å². The summed E-state index contributed by atoms with van der Waals surface area (Å²) in [7, 11) is -3.63. The largest absolute Gasteiger partial charge is 0.379 e. The molecule has 6 heteroatoms. The summed E-state index contributed by atoms with van der Waals surface area (Å²) in [6.07, 6.45) is 7.16. The van der Waals surface area contributed by atoms with E-state index in [2.05, 4.69) is 25.2 Å². The second-order valence-corrected chi connectivity index (χ2v) is 10.0. The third-order valence-electron chi connectivity index (χ3n) is 5.23. The molecule has 5 nitrogen and oxygen atoms in total. The Hall–Kier alpha value is -3.12. The number of ketones is 1. The molecule has 2 aliphatic rings. The number of carbonyl (C=O) groups excluding carboxylic acids is 1. The highest BCUT2D eigenvalue weighted by Gasteiger charge is 2.28. The molecule has 0 aliphatic carbocycles. The summed E-state index contributed by atoms with van der Waals surface area (Å²) >= 11 is 0. The summed E-state index contributed by atoms with van der Waals surface area (Å²) in [6, 6.07) is 16.3. The first kappa shape index (κ1) is 20.2. The lowest BCUT2D eigenvalue weighted by atomic mass is 9.85. The Bertz CT molecular complexity index is 1180. The van der Waals surface area contributed by atoms with Gasteiger partial charge in [0.1, 0.15) is 0 Å². The van der Waals surface area contributed by atoms with E-state index in [0.717, 1.165) is 17.7 Å². The van der Waals surface area contributed by atoms with Gasteiger partial charge in [0.05, 0.1) is 11.4 Å². The van der Waals surface area contributed by atoms with Crippen molar-refractivity contribution in [2.24, 2.45) is 0 Å². The quantitative estimate of drug-likeness (QED) is 0.767. The van der Waals surface area contributed by atoms with Crippen LogP contribution >= 0.6 is 0 Å². The second kappa shape index (κ2) is 7.61. The van der Waals surface area contributed by atoms with Gasteiger partial charge < -0.3 is 5.32 Å². The summed E-state index contributed by atoms with van der Waals surface area (Å²) in [5.74, 6) is -0.155. The molecule has 2 heterocycles. The van der Waals surface area contributed by atoms with Crippen molar-refractivity contribution in [1.29, 1.82) is 0 Å². The minimum Gasteiger partial charge on any atom is -0.379 e. The van der Waals surface area contributed by atoms with Gasteiger partial charge in [0.25, 0.3) is 10.0 Å². The van der Waals surface area contributed by atoms with Gasteiger partial charge in [0, 0.05) is 34.6 Å². The molecule has 0 radical (unpaired) electrons. The van der Waals surface area contributed by atoms with Crippen LogP contribution in [0.4, 0.5) is 0 Å². The number of nitrogens with zero attached hydrogens (tertiary/aromatic N) is 1. The molecule has 0 atom stereocenters. The molecule has 0 saturated carbocycles. The zero-order chi connectivity index (χ0) is 21.4. The van der Waals surface area contributed by atoms with Gasteiger partial charge in [0.2, 0.25) is 0 Å².